The van der Waals surface area contributed by atoms with Crippen LogP contribution in [0.4, 0.5) is 0 Å². The van der Waals surface area contributed by atoms with Crippen LogP contribution in [0.5, 0.6) is 0 Å². The molecule has 0 saturated heterocycles. The van der Waals surface area contributed by atoms with E-state index in [0.717, 1.165) is 41.4 Å². The van der Waals surface area contributed by atoms with Gasteiger partial charge in [0.1, 0.15) is 0 Å². The van der Waals surface area contributed by atoms with Gasteiger partial charge in [0.05, 0.1) is 0 Å². The van der Waals surface area contributed by atoms with E-state index in [1.165, 1.54) is 64.2 Å². The molecule has 8 unspecified atom stereocenters. The zero-order chi connectivity index (χ0) is 18.2. The fraction of sp³-hybridized carbons (Fsp3) is 0.923. The van der Waals surface area contributed by atoms with Gasteiger partial charge in [0, 0.05) is 11.5 Å². The SMILES string of the molecule is CC1CCCC2=C1C1(C3CC(N)CCC23)C2CCCCC2C2CCCCC21. The summed E-state index contributed by atoms with van der Waals surface area (Å²) in [4.78, 5) is 0. The molecule has 6 aliphatic rings. The third-order valence-corrected chi connectivity index (χ3v) is 10.8. The van der Waals surface area contributed by atoms with Gasteiger partial charge < -0.3 is 5.73 Å². The maximum Gasteiger partial charge on any atom is 0.00422 e. The third-order valence-electron chi connectivity index (χ3n) is 10.8. The van der Waals surface area contributed by atoms with E-state index in [4.69, 9.17) is 5.73 Å². The lowest BCUT2D eigenvalue weighted by Gasteiger charge is -2.52. The number of rotatable bonds is 0. The van der Waals surface area contributed by atoms with Crippen molar-refractivity contribution in [2.45, 2.75) is 103 Å². The highest BCUT2D eigenvalue weighted by Gasteiger charge is 2.69. The van der Waals surface area contributed by atoms with E-state index < -0.39 is 0 Å². The van der Waals surface area contributed by atoms with E-state index in [-0.39, 0.29) is 0 Å². The fourth-order valence-corrected chi connectivity index (χ4v) is 10.4. The van der Waals surface area contributed by atoms with Crippen molar-refractivity contribution in [3.8, 4) is 0 Å². The van der Waals surface area contributed by atoms with Crippen LogP contribution in [0.25, 0.3) is 0 Å². The Balaban J connectivity index is 1.55. The van der Waals surface area contributed by atoms with E-state index in [1.54, 1.807) is 25.7 Å². The normalized spacial score (nSPS) is 54.4. The molecule has 150 valence electrons. The van der Waals surface area contributed by atoms with Crippen LogP contribution in [-0.4, -0.2) is 6.04 Å². The number of hydrogen-bond acceptors (Lipinski definition) is 1. The molecule has 1 nitrogen and oxygen atoms in total. The van der Waals surface area contributed by atoms with Crippen molar-refractivity contribution >= 4 is 0 Å². The van der Waals surface area contributed by atoms with Gasteiger partial charge in [-0.1, -0.05) is 43.8 Å². The van der Waals surface area contributed by atoms with Gasteiger partial charge in [-0.05, 0) is 106 Å². The molecular formula is C26H41N. The fourth-order valence-electron chi connectivity index (χ4n) is 10.4. The summed E-state index contributed by atoms with van der Waals surface area (Å²) >= 11 is 0. The van der Waals surface area contributed by atoms with E-state index in [0.29, 0.717) is 11.5 Å². The number of hydrogen-bond donors (Lipinski definition) is 1. The molecule has 4 fully saturated rings. The van der Waals surface area contributed by atoms with Gasteiger partial charge in [-0.25, -0.2) is 0 Å². The highest BCUT2D eigenvalue weighted by atomic mass is 14.8. The van der Waals surface area contributed by atoms with Gasteiger partial charge in [0.2, 0.25) is 0 Å². The Morgan fingerprint density at radius 3 is 2.11 bits per heavy atom. The van der Waals surface area contributed by atoms with Crippen LogP contribution in [0, 0.1) is 46.8 Å². The van der Waals surface area contributed by atoms with Crippen LogP contribution in [0.3, 0.4) is 0 Å². The number of fused-ring (bicyclic) bond motifs is 9. The summed E-state index contributed by atoms with van der Waals surface area (Å²) in [5, 5.41) is 0. The molecule has 0 aromatic carbocycles. The van der Waals surface area contributed by atoms with Gasteiger partial charge in [-0.15, -0.1) is 0 Å². The van der Waals surface area contributed by atoms with Crippen LogP contribution >= 0.6 is 0 Å². The van der Waals surface area contributed by atoms with Gasteiger partial charge in [-0.2, -0.15) is 0 Å². The van der Waals surface area contributed by atoms with Crippen molar-refractivity contribution in [3.05, 3.63) is 11.1 Å². The molecule has 0 aliphatic heterocycles. The summed E-state index contributed by atoms with van der Waals surface area (Å²) in [5.74, 6) is 6.96. The van der Waals surface area contributed by atoms with Gasteiger partial charge in [0.25, 0.3) is 0 Å². The Hall–Kier alpha value is -0.300. The van der Waals surface area contributed by atoms with Crippen LogP contribution in [0.2, 0.25) is 0 Å². The summed E-state index contributed by atoms with van der Waals surface area (Å²) in [5.41, 5.74) is 11.4. The largest absolute Gasteiger partial charge is 0.328 e. The Bertz CT molecular complexity index is 610. The Morgan fingerprint density at radius 2 is 1.41 bits per heavy atom. The second kappa shape index (κ2) is 6.35. The lowest BCUT2D eigenvalue weighted by atomic mass is 9.52. The lowest BCUT2D eigenvalue weighted by Crippen LogP contribution is -2.47. The minimum absolute atomic E-state index is 0.490. The molecule has 0 amide bonds. The predicted octanol–water partition coefficient (Wildman–Crippen LogP) is 6.47. The monoisotopic (exact) mass is 367 g/mol. The first-order chi connectivity index (χ1) is 13.2. The van der Waals surface area contributed by atoms with Gasteiger partial charge in [0.15, 0.2) is 0 Å². The standard InChI is InChI=1S/C26H41N/c1-16-7-6-10-21-20-14-13-17(27)15-24(20)26(25(16)21)22-11-4-2-8-18(22)19-9-3-5-12-23(19)26/h16-20,22-24H,2-15,27H2,1H3. The predicted molar refractivity (Wildman–Crippen MR) is 112 cm³/mol. The second-order valence-electron chi connectivity index (χ2n) is 11.6. The maximum absolute atomic E-state index is 6.68. The van der Waals surface area contributed by atoms with Crippen molar-refractivity contribution in [3.63, 3.8) is 0 Å². The topological polar surface area (TPSA) is 26.0 Å². The minimum atomic E-state index is 0.490. The average molecular weight is 368 g/mol. The zero-order valence-corrected chi connectivity index (χ0v) is 17.6. The molecule has 6 rings (SSSR count). The molecule has 0 aromatic heterocycles. The van der Waals surface area contributed by atoms with Crippen molar-refractivity contribution in [1.29, 1.82) is 0 Å². The third kappa shape index (κ3) is 2.22. The molecule has 2 N–H and O–H groups in total. The van der Waals surface area contributed by atoms with E-state index in [2.05, 4.69) is 12.5 Å². The first-order valence-corrected chi connectivity index (χ1v) is 12.7. The lowest BCUT2D eigenvalue weighted by molar-refractivity contribution is 0.0154. The second-order valence-corrected chi connectivity index (χ2v) is 11.6. The van der Waals surface area contributed by atoms with Crippen molar-refractivity contribution in [1.82, 2.24) is 0 Å². The molecule has 27 heavy (non-hydrogen) atoms. The highest BCUT2D eigenvalue weighted by Crippen LogP contribution is 2.76. The quantitative estimate of drug-likeness (QED) is 0.488. The summed E-state index contributed by atoms with van der Waals surface area (Å²) in [6.45, 7) is 2.63. The zero-order valence-electron chi connectivity index (χ0n) is 17.6. The summed E-state index contributed by atoms with van der Waals surface area (Å²) in [7, 11) is 0. The van der Waals surface area contributed by atoms with Crippen LogP contribution in [-0.2, 0) is 0 Å². The smallest absolute Gasteiger partial charge is 0.00422 e. The molecule has 6 aliphatic carbocycles. The van der Waals surface area contributed by atoms with Gasteiger partial charge >= 0.3 is 0 Å². The number of allylic oxidation sites excluding steroid dienone is 2. The first kappa shape index (κ1) is 17.5. The van der Waals surface area contributed by atoms with Crippen LogP contribution in [0.15, 0.2) is 11.1 Å². The Kier molecular flexibility index (Phi) is 4.13. The van der Waals surface area contributed by atoms with Crippen molar-refractivity contribution < 1.29 is 0 Å². The maximum atomic E-state index is 6.68. The molecule has 8 atom stereocenters. The molecule has 1 heteroatoms. The molecule has 0 aromatic rings. The molecule has 4 saturated carbocycles. The highest BCUT2D eigenvalue weighted by molar-refractivity contribution is 5.41. The number of nitrogens with two attached hydrogens (primary N) is 1. The summed E-state index contributed by atoms with van der Waals surface area (Å²) < 4.78 is 0. The Morgan fingerprint density at radius 1 is 0.741 bits per heavy atom. The molecule has 0 radical (unpaired) electrons. The van der Waals surface area contributed by atoms with Crippen molar-refractivity contribution in [2.24, 2.45) is 52.6 Å². The van der Waals surface area contributed by atoms with Crippen molar-refractivity contribution in [2.75, 3.05) is 0 Å². The molecule has 0 heterocycles. The first-order valence-electron chi connectivity index (χ1n) is 12.7. The van der Waals surface area contributed by atoms with E-state index >= 15 is 0 Å². The summed E-state index contributed by atoms with van der Waals surface area (Å²) in [6, 6.07) is 0.490. The Labute approximate surface area is 166 Å². The van der Waals surface area contributed by atoms with E-state index in [9.17, 15) is 0 Å². The molecule has 0 bridgehead atoms. The molecular weight excluding hydrogens is 326 g/mol. The average Bonchev–Trinajstić information content (AvgIpc) is 3.15. The minimum Gasteiger partial charge on any atom is -0.328 e. The van der Waals surface area contributed by atoms with Gasteiger partial charge in [-0.3, -0.25) is 0 Å². The summed E-state index contributed by atoms with van der Waals surface area (Å²) in [6.07, 6.45) is 20.8. The van der Waals surface area contributed by atoms with Crippen LogP contribution in [0.1, 0.15) is 96.8 Å². The van der Waals surface area contributed by atoms with Crippen LogP contribution < -0.4 is 5.73 Å². The molecule has 1 spiro atoms. The van der Waals surface area contributed by atoms with E-state index in [1.807, 2.05) is 5.57 Å².